The van der Waals surface area contributed by atoms with Gasteiger partial charge >= 0.3 is 0 Å². The Hall–Kier alpha value is -0.870. The fraction of sp³-hybridized carbons (Fsp3) is 0.667. The molecular formula is C9H18N4. The number of rotatable bonds is 5. The molecular weight excluding hydrogens is 164 g/mol. The summed E-state index contributed by atoms with van der Waals surface area (Å²) in [4.78, 5) is 0. The Morgan fingerprint density at radius 2 is 2.46 bits per heavy atom. The fourth-order valence-corrected chi connectivity index (χ4v) is 1.28. The van der Waals surface area contributed by atoms with Gasteiger partial charge in [0.05, 0.1) is 6.20 Å². The third-order valence-electron chi connectivity index (χ3n) is 2.00. The second-order valence-electron chi connectivity index (χ2n) is 3.19. The molecule has 0 spiro atoms. The monoisotopic (exact) mass is 182 g/mol. The molecule has 1 atom stereocenters. The molecule has 0 bridgehead atoms. The molecule has 0 saturated carbocycles. The van der Waals surface area contributed by atoms with Gasteiger partial charge < -0.3 is 11.1 Å². The van der Waals surface area contributed by atoms with Crippen molar-refractivity contribution in [3.63, 3.8) is 0 Å². The lowest BCUT2D eigenvalue weighted by atomic mass is 10.1. The molecule has 0 saturated heterocycles. The van der Waals surface area contributed by atoms with Crippen molar-refractivity contribution < 1.29 is 0 Å². The first-order valence-electron chi connectivity index (χ1n) is 4.70. The van der Waals surface area contributed by atoms with Crippen molar-refractivity contribution in [2.45, 2.75) is 19.4 Å². The van der Waals surface area contributed by atoms with Crippen LogP contribution in [0.5, 0.6) is 0 Å². The van der Waals surface area contributed by atoms with Crippen molar-refractivity contribution >= 4 is 0 Å². The van der Waals surface area contributed by atoms with Gasteiger partial charge in [0.15, 0.2) is 0 Å². The van der Waals surface area contributed by atoms with Gasteiger partial charge in [-0.15, -0.1) is 0 Å². The van der Waals surface area contributed by atoms with Crippen LogP contribution in [0.15, 0.2) is 12.4 Å². The maximum absolute atomic E-state index is 5.66. The van der Waals surface area contributed by atoms with Gasteiger partial charge in [-0.05, 0) is 13.0 Å². The molecule has 3 N–H and O–H groups in total. The summed E-state index contributed by atoms with van der Waals surface area (Å²) >= 11 is 0. The van der Waals surface area contributed by atoms with Crippen molar-refractivity contribution in [2.24, 2.45) is 12.8 Å². The highest BCUT2D eigenvalue weighted by Crippen LogP contribution is 2.09. The van der Waals surface area contributed by atoms with Crippen LogP contribution in [-0.4, -0.2) is 22.9 Å². The molecule has 13 heavy (non-hydrogen) atoms. The SMILES string of the molecule is CCCNC(CN)c1cnn(C)c1. The van der Waals surface area contributed by atoms with E-state index in [9.17, 15) is 0 Å². The maximum atomic E-state index is 5.66. The summed E-state index contributed by atoms with van der Waals surface area (Å²) in [6.45, 7) is 3.76. The van der Waals surface area contributed by atoms with E-state index in [0.29, 0.717) is 6.54 Å². The molecule has 1 aromatic rings. The average Bonchev–Trinajstić information content (AvgIpc) is 2.54. The second-order valence-corrected chi connectivity index (χ2v) is 3.19. The van der Waals surface area contributed by atoms with E-state index < -0.39 is 0 Å². The quantitative estimate of drug-likeness (QED) is 0.694. The van der Waals surface area contributed by atoms with Crippen LogP contribution in [-0.2, 0) is 7.05 Å². The Morgan fingerprint density at radius 1 is 1.69 bits per heavy atom. The van der Waals surface area contributed by atoms with Gasteiger partial charge in [0.25, 0.3) is 0 Å². The predicted molar refractivity (Wildman–Crippen MR) is 53.3 cm³/mol. The largest absolute Gasteiger partial charge is 0.329 e. The van der Waals surface area contributed by atoms with E-state index in [-0.39, 0.29) is 6.04 Å². The average molecular weight is 182 g/mol. The zero-order chi connectivity index (χ0) is 9.68. The molecule has 1 rings (SSSR count). The summed E-state index contributed by atoms with van der Waals surface area (Å²) in [5.74, 6) is 0. The van der Waals surface area contributed by atoms with Crippen LogP contribution in [0.4, 0.5) is 0 Å². The first-order valence-corrected chi connectivity index (χ1v) is 4.70. The van der Waals surface area contributed by atoms with Crippen LogP contribution in [0.3, 0.4) is 0 Å². The lowest BCUT2D eigenvalue weighted by Crippen LogP contribution is -2.28. The number of hydrogen-bond acceptors (Lipinski definition) is 3. The molecule has 0 fully saturated rings. The molecule has 74 valence electrons. The van der Waals surface area contributed by atoms with Crippen LogP contribution < -0.4 is 11.1 Å². The summed E-state index contributed by atoms with van der Waals surface area (Å²) in [5.41, 5.74) is 6.82. The van der Waals surface area contributed by atoms with Gasteiger partial charge in [0.2, 0.25) is 0 Å². The van der Waals surface area contributed by atoms with Crippen molar-refractivity contribution in [2.75, 3.05) is 13.1 Å². The van der Waals surface area contributed by atoms with Crippen LogP contribution in [0, 0.1) is 0 Å². The Morgan fingerprint density at radius 3 is 2.92 bits per heavy atom. The first kappa shape index (κ1) is 10.2. The number of aryl methyl sites for hydroxylation is 1. The normalized spacial score (nSPS) is 13.2. The van der Waals surface area contributed by atoms with Crippen molar-refractivity contribution in [3.8, 4) is 0 Å². The third kappa shape index (κ3) is 2.82. The highest BCUT2D eigenvalue weighted by atomic mass is 15.2. The molecule has 0 amide bonds. The maximum Gasteiger partial charge on any atom is 0.0538 e. The number of nitrogens with two attached hydrogens (primary N) is 1. The van der Waals surface area contributed by atoms with E-state index in [2.05, 4.69) is 17.3 Å². The van der Waals surface area contributed by atoms with Crippen LogP contribution in [0.25, 0.3) is 0 Å². The Balaban J connectivity index is 2.56. The van der Waals surface area contributed by atoms with E-state index in [0.717, 1.165) is 13.0 Å². The topological polar surface area (TPSA) is 55.9 Å². The smallest absolute Gasteiger partial charge is 0.0538 e. The van der Waals surface area contributed by atoms with E-state index in [1.807, 2.05) is 19.4 Å². The summed E-state index contributed by atoms with van der Waals surface area (Å²) in [5, 5.41) is 7.49. The Kier molecular flexibility index (Phi) is 3.92. The molecule has 0 aliphatic rings. The van der Waals surface area contributed by atoms with Gasteiger partial charge in [-0.25, -0.2) is 0 Å². The minimum Gasteiger partial charge on any atom is -0.329 e. The molecule has 1 unspecified atom stereocenters. The highest BCUT2D eigenvalue weighted by Gasteiger charge is 2.09. The van der Waals surface area contributed by atoms with Crippen LogP contribution in [0.2, 0.25) is 0 Å². The molecule has 0 aromatic carbocycles. The lowest BCUT2D eigenvalue weighted by molar-refractivity contribution is 0.539. The van der Waals surface area contributed by atoms with Gasteiger partial charge in [-0.2, -0.15) is 5.10 Å². The zero-order valence-electron chi connectivity index (χ0n) is 8.33. The molecule has 1 aromatic heterocycles. The molecule has 4 nitrogen and oxygen atoms in total. The standard InChI is InChI=1S/C9H18N4/c1-3-4-11-9(5-10)8-6-12-13(2)7-8/h6-7,9,11H,3-5,10H2,1-2H3. The number of nitrogens with zero attached hydrogens (tertiary/aromatic N) is 2. The third-order valence-corrected chi connectivity index (χ3v) is 2.00. The van der Waals surface area contributed by atoms with E-state index in [1.165, 1.54) is 5.56 Å². The lowest BCUT2D eigenvalue weighted by Gasteiger charge is -2.13. The number of nitrogens with one attached hydrogen (secondary N) is 1. The Labute approximate surface area is 79.1 Å². The van der Waals surface area contributed by atoms with Gasteiger partial charge in [0, 0.05) is 31.4 Å². The minimum absolute atomic E-state index is 0.244. The van der Waals surface area contributed by atoms with Crippen LogP contribution in [0.1, 0.15) is 24.9 Å². The van der Waals surface area contributed by atoms with Crippen molar-refractivity contribution in [1.82, 2.24) is 15.1 Å². The van der Waals surface area contributed by atoms with Crippen molar-refractivity contribution in [1.29, 1.82) is 0 Å². The van der Waals surface area contributed by atoms with Crippen molar-refractivity contribution in [3.05, 3.63) is 18.0 Å². The second kappa shape index (κ2) is 4.99. The molecule has 1 heterocycles. The van der Waals surface area contributed by atoms with Gasteiger partial charge in [0.1, 0.15) is 0 Å². The van der Waals surface area contributed by atoms with Gasteiger partial charge in [-0.3, -0.25) is 4.68 Å². The molecule has 0 aliphatic heterocycles. The molecule has 4 heteroatoms. The minimum atomic E-state index is 0.244. The summed E-state index contributed by atoms with van der Waals surface area (Å²) in [7, 11) is 1.91. The number of hydrogen-bond donors (Lipinski definition) is 2. The molecule has 0 aliphatic carbocycles. The van der Waals surface area contributed by atoms with E-state index in [1.54, 1.807) is 4.68 Å². The Bertz CT molecular complexity index is 244. The fourth-order valence-electron chi connectivity index (χ4n) is 1.28. The van der Waals surface area contributed by atoms with Gasteiger partial charge in [-0.1, -0.05) is 6.92 Å². The summed E-state index contributed by atoms with van der Waals surface area (Å²) in [6.07, 6.45) is 4.98. The highest BCUT2D eigenvalue weighted by molar-refractivity contribution is 5.10. The summed E-state index contributed by atoms with van der Waals surface area (Å²) < 4.78 is 1.80. The zero-order valence-corrected chi connectivity index (χ0v) is 8.33. The summed E-state index contributed by atoms with van der Waals surface area (Å²) in [6, 6.07) is 0.244. The number of aromatic nitrogens is 2. The molecule has 0 radical (unpaired) electrons. The predicted octanol–water partition coefficient (Wildman–Crippen LogP) is 0.420. The van der Waals surface area contributed by atoms with Crippen LogP contribution >= 0.6 is 0 Å². The first-order chi connectivity index (χ1) is 6.27. The van der Waals surface area contributed by atoms with E-state index in [4.69, 9.17) is 5.73 Å². The van der Waals surface area contributed by atoms with E-state index >= 15 is 0 Å².